The van der Waals surface area contributed by atoms with Crippen molar-refractivity contribution in [2.45, 2.75) is 18.6 Å². The lowest BCUT2D eigenvalue weighted by Gasteiger charge is -2.24. The van der Waals surface area contributed by atoms with Crippen molar-refractivity contribution in [2.24, 2.45) is 0 Å². The van der Waals surface area contributed by atoms with Crippen molar-refractivity contribution in [1.82, 2.24) is 5.32 Å². The Labute approximate surface area is 82.8 Å². The number of aldehydes is 1. The molecule has 1 saturated heterocycles. The molecule has 14 heavy (non-hydrogen) atoms. The maximum Gasteiger partial charge on any atom is 0.150 e. The Morgan fingerprint density at radius 1 is 1.43 bits per heavy atom. The molecule has 0 spiro atoms. The molecule has 2 N–H and O–H groups in total. The van der Waals surface area contributed by atoms with Gasteiger partial charge in [0, 0.05) is 11.1 Å². The maximum absolute atomic E-state index is 10.8. The Morgan fingerprint density at radius 2 is 2.21 bits per heavy atom. The standard InChI is InChI=1S/C11H13NO2/c13-8-9-4-1-2-5-10(9)11(14)6-3-7-12-11/h1-2,4-5,8,12,14H,3,6-7H2/t11-/m0/s1. The van der Waals surface area contributed by atoms with Crippen molar-refractivity contribution in [3.63, 3.8) is 0 Å². The minimum Gasteiger partial charge on any atom is -0.372 e. The average Bonchev–Trinajstić information content (AvgIpc) is 2.66. The van der Waals surface area contributed by atoms with Crippen molar-refractivity contribution in [2.75, 3.05) is 6.54 Å². The second-order valence-electron chi connectivity index (χ2n) is 3.60. The van der Waals surface area contributed by atoms with Crippen LogP contribution in [-0.4, -0.2) is 17.9 Å². The van der Waals surface area contributed by atoms with Gasteiger partial charge in [0.05, 0.1) is 0 Å². The van der Waals surface area contributed by atoms with Gasteiger partial charge in [-0.05, 0) is 19.4 Å². The highest BCUT2D eigenvalue weighted by Gasteiger charge is 2.33. The summed E-state index contributed by atoms with van der Waals surface area (Å²) in [6.07, 6.45) is 2.38. The number of carbonyl (C=O) groups excluding carboxylic acids is 1. The van der Waals surface area contributed by atoms with Crippen LogP contribution in [0.25, 0.3) is 0 Å². The van der Waals surface area contributed by atoms with Gasteiger partial charge in [0.1, 0.15) is 12.0 Å². The number of hydrogen-bond donors (Lipinski definition) is 2. The first-order valence-electron chi connectivity index (χ1n) is 4.78. The van der Waals surface area contributed by atoms with E-state index in [-0.39, 0.29) is 0 Å². The molecule has 1 heterocycles. The van der Waals surface area contributed by atoms with Gasteiger partial charge in [0.15, 0.2) is 0 Å². The van der Waals surface area contributed by atoms with Gasteiger partial charge in [-0.3, -0.25) is 10.1 Å². The fourth-order valence-electron chi connectivity index (χ4n) is 1.93. The van der Waals surface area contributed by atoms with Crippen LogP contribution in [0.1, 0.15) is 28.8 Å². The Hall–Kier alpha value is -1.19. The van der Waals surface area contributed by atoms with Crippen molar-refractivity contribution >= 4 is 6.29 Å². The van der Waals surface area contributed by atoms with Gasteiger partial charge in [-0.1, -0.05) is 24.3 Å². The van der Waals surface area contributed by atoms with E-state index < -0.39 is 5.72 Å². The molecule has 0 aromatic heterocycles. The highest BCUT2D eigenvalue weighted by Crippen LogP contribution is 2.29. The van der Waals surface area contributed by atoms with Crippen LogP contribution in [0.4, 0.5) is 0 Å². The number of benzene rings is 1. The topological polar surface area (TPSA) is 49.3 Å². The molecule has 1 aliphatic heterocycles. The molecule has 2 rings (SSSR count). The lowest BCUT2D eigenvalue weighted by molar-refractivity contribution is 0.0201. The van der Waals surface area contributed by atoms with Gasteiger partial charge in [0.2, 0.25) is 0 Å². The van der Waals surface area contributed by atoms with E-state index >= 15 is 0 Å². The SMILES string of the molecule is O=Cc1ccccc1[C@@]1(O)CCCN1. The van der Waals surface area contributed by atoms with E-state index in [0.717, 1.165) is 19.3 Å². The van der Waals surface area contributed by atoms with Gasteiger partial charge >= 0.3 is 0 Å². The summed E-state index contributed by atoms with van der Waals surface area (Å²) in [5.74, 6) is 0. The zero-order valence-electron chi connectivity index (χ0n) is 7.86. The molecule has 0 radical (unpaired) electrons. The van der Waals surface area contributed by atoms with Gasteiger partial charge in [-0.15, -0.1) is 0 Å². The molecule has 0 amide bonds. The maximum atomic E-state index is 10.8. The molecule has 0 bridgehead atoms. The third-order valence-electron chi connectivity index (χ3n) is 2.67. The normalized spacial score (nSPS) is 26.4. The molecular formula is C11H13NO2. The largest absolute Gasteiger partial charge is 0.372 e. The number of hydrogen-bond acceptors (Lipinski definition) is 3. The third-order valence-corrected chi connectivity index (χ3v) is 2.67. The predicted octanol–water partition coefficient (Wildman–Crippen LogP) is 1.03. The summed E-state index contributed by atoms with van der Waals surface area (Å²) in [7, 11) is 0. The summed E-state index contributed by atoms with van der Waals surface area (Å²) in [4.78, 5) is 10.8. The van der Waals surface area contributed by atoms with Crippen LogP contribution in [0.15, 0.2) is 24.3 Å². The van der Waals surface area contributed by atoms with Gasteiger partial charge < -0.3 is 5.11 Å². The number of carbonyl (C=O) groups is 1. The molecule has 0 aliphatic carbocycles. The van der Waals surface area contributed by atoms with Crippen molar-refractivity contribution < 1.29 is 9.90 Å². The fraction of sp³-hybridized carbons (Fsp3) is 0.364. The lowest BCUT2D eigenvalue weighted by Crippen LogP contribution is -2.37. The first-order chi connectivity index (χ1) is 6.76. The van der Waals surface area contributed by atoms with E-state index in [9.17, 15) is 9.90 Å². The lowest BCUT2D eigenvalue weighted by atomic mass is 9.96. The molecule has 1 fully saturated rings. The predicted molar refractivity (Wildman–Crippen MR) is 53.0 cm³/mol. The monoisotopic (exact) mass is 191 g/mol. The molecule has 1 atom stereocenters. The van der Waals surface area contributed by atoms with E-state index in [1.807, 2.05) is 6.07 Å². The Kier molecular flexibility index (Phi) is 2.35. The molecule has 3 heteroatoms. The zero-order chi connectivity index (χ0) is 10.0. The van der Waals surface area contributed by atoms with Crippen LogP contribution < -0.4 is 5.32 Å². The fourth-order valence-corrected chi connectivity index (χ4v) is 1.93. The summed E-state index contributed by atoms with van der Waals surface area (Å²) in [6.45, 7) is 0.795. The number of rotatable bonds is 2. The minimum atomic E-state index is -1.00. The second kappa shape index (κ2) is 3.52. The average molecular weight is 191 g/mol. The number of nitrogens with one attached hydrogen (secondary N) is 1. The minimum absolute atomic E-state index is 0.560. The third kappa shape index (κ3) is 1.45. The highest BCUT2D eigenvalue weighted by molar-refractivity contribution is 5.77. The first-order valence-corrected chi connectivity index (χ1v) is 4.78. The molecule has 0 saturated carbocycles. The van der Waals surface area contributed by atoms with E-state index in [2.05, 4.69) is 5.32 Å². The van der Waals surface area contributed by atoms with Crippen molar-refractivity contribution in [3.8, 4) is 0 Å². The Morgan fingerprint density at radius 3 is 2.86 bits per heavy atom. The quantitative estimate of drug-likeness (QED) is 0.686. The molecule has 3 nitrogen and oxygen atoms in total. The van der Waals surface area contributed by atoms with Gasteiger partial charge in [-0.2, -0.15) is 0 Å². The zero-order valence-corrected chi connectivity index (χ0v) is 7.86. The molecule has 1 aliphatic rings. The molecule has 0 unspecified atom stereocenters. The molecular weight excluding hydrogens is 178 g/mol. The van der Waals surface area contributed by atoms with Crippen LogP contribution in [-0.2, 0) is 5.72 Å². The Bertz CT molecular complexity index is 343. The van der Waals surface area contributed by atoms with E-state index in [0.29, 0.717) is 17.5 Å². The van der Waals surface area contributed by atoms with Crippen LogP contribution in [0.5, 0.6) is 0 Å². The number of aliphatic hydroxyl groups is 1. The van der Waals surface area contributed by atoms with E-state index in [4.69, 9.17) is 0 Å². The van der Waals surface area contributed by atoms with Crippen molar-refractivity contribution in [3.05, 3.63) is 35.4 Å². The summed E-state index contributed by atoms with van der Waals surface area (Å²) in [6, 6.07) is 7.15. The second-order valence-corrected chi connectivity index (χ2v) is 3.60. The van der Waals surface area contributed by atoms with Crippen LogP contribution in [0, 0.1) is 0 Å². The van der Waals surface area contributed by atoms with Crippen LogP contribution in [0.2, 0.25) is 0 Å². The summed E-state index contributed by atoms with van der Waals surface area (Å²) < 4.78 is 0. The summed E-state index contributed by atoms with van der Waals surface area (Å²) >= 11 is 0. The summed E-state index contributed by atoms with van der Waals surface area (Å²) in [5, 5.41) is 13.2. The Balaban J connectivity index is 2.43. The van der Waals surface area contributed by atoms with Crippen LogP contribution in [0.3, 0.4) is 0 Å². The summed E-state index contributed by atoms with van der Waals surface area (Å²) in [5.41, 5.74) is 0.245. The molecule has 74 valence electrons. The smallest absolute Gasteiger partial charge is 0.150 e. The first kappa shape index (κ1) is 9.37. The van der Waals surface area contributed by atoms with E-state index in [1.54, 1.807) is 18.2 Å². The molecule has 1 aromatic rings. The molecule has 1 aromatic carbocycles. The highest BCUT2D eigenvalue weighted by atomic mass is 16.3. The van der Waals surface area contributed by atoms with Gasteiger partial charge in [0.25, 0.3) is 0 Å². The van der Waals surface area contributed by atoms with Gasteiger partial charge in [-0.25, -0.2) is 0 Å². The van der Waals surface area contributed by atoms with Crippen LogP contribution >= 0.6 is 0 Å². The van der Waals surface area contributed by atoms with E-state index in [1.165, 1.54) is 0 Å². The van der Waals surface area contributed by atoms with Crippen molar-refractivity contribution in [1.29, 1.82) is 0 Å².